The molecule has 0 unspecified atom stereocenters. The van der Waals surface area contributed by atoms with Gasteiger partial charge in [0.1, 0.15) is 12.4 Å². The average molecular weight is 376 g/mol. The fraction of sp³-hybridized carbons (Fsp3) is 0.294. The summed E-state index contributed by atoms with van der Waals surface area (Å²) in [6.45, 7) is 3.53. The van der Waals surface area contributed by atoms with Crippen LogP contribution < -0.4 is 10.1 Å². The first-order valence-corrected chi connectivity index (χ1v) is 8.29. The summed E-state index contributed by atoms with van der Waals surface area (Å²) < 4.78 is 6.71. The number of urea groups is 1. The molecule has 0 aliphatic carbocycles. The smallest absolute Gasteiger partial charge is 0.318 e. The number of hydrogen-bond acceptors (Lipinski definition) is 3. The number of benzene rings is 1. The molecule has 1 aromatic carbocycles. The fourth-order valence-corrected chi connectivity index (χ4v) is 2.85. The van der Waals surface area contributed by atoms with E-state index in [2.05, 4.69) is 26.2 Å². The van der Waals surface area contributed by atoms with Gasteiger partial charge in [-0.05, 0) is 30.7 Å². The molecule has 1 aliphatic rings. The summed E-state index contributed by atoms with van der Waals surface area (Å²) in [6, 6.07) is 9.51. The maximum Gasteiger partial charge on any atom is 0.318 e. The highest BCUT2D eigenvalue weighted by molar-refractivity contribution is 9.10. The van der Waals surface area contributed by atoms with Crippen LogP contribution in [0.15, 0.2) is 47.2 Å². The maximum absolute atomic E-state index is 12.5. The first-order chi connectivity index (χ1) is 11.1. The van der Waals surface area contributed by atoms with Crippen molar-refractivity contribution < 1.29 is 9.53 Å². The van der Waals surface area contributed by atoms with Gasteiger partial charge in [-0.2, -0.15) is 0 Å². The fourth-order valence-electron chi connectivity index (χ4n) is 2.51. The predicted molar refractivity (Wildman–Crippen MR) is 91.2 cm³/mol. The Labute approximate surface area is 143 Å². The lowest BCUT2D eigenvalue weighted by Gasteiger charge is -2.23. The van der Waals surface area contributed by atoms with E-state index in [1.165, 1.54) is 0 Å². The summed E-state index contributed by atoms with van der Waals surface area (Å²) >= 11 is 3.44. The van der Waals surface area contributed by atoms with Crippen LogP contribution in [-0.2, 0) is 6.54 Å². The summed E-state index contributed by atoms with van der Waals surface area (Å²) in [5, 5.41) is 3.02. The lowest BCUT2D eigenvalue weighted by atomic mass is 10.1. The number of halogens is 1. The van der Waals surface area contributed by atoms with Gasteiger partial charge in [0.25, 0.3) is 0 Å². The van der Waals surface area contributed by atoms with Crippen LogP contribution >= 0.6 is 15.9 Å². The van der Waals surface area contributed by atoms with Gasteiger partial charge >= 0.3 is 6.03 Å². The topological polar surface area (TPSA) is 54.5 Å². The Hall–Kier alpha value is -2.08. The van der Waals surface area contributed by atoms with Crippen LogP contribution in [0.4, 0.5) is 4.79 Å². The Balaban J connectivity index is 1.69. The molecule has 0 radical (unpaired) electrons. The summed E-state index contributed by atoms with van der Waals surface area (Å²) in [7, 11) is 0. The number of aromatic nitrogens is 1. The van der Waals surface area contributed by atoms with E-state index >= 15 is 0 Å². The minimum atomic E-state index is -0.0966. The molecular formula is C17H18BrN3O2. The minimum absolute atomic E-state index is 0.0928. The monoisotopic (exact) mass is 375 g/mol. The van der Waals surface area contributed by atoms with E-state index in [1.807, 2.05) is 37.3 Å². The normalized spacial score (nSPS) is 15.1. The van der Waals surface area contributed by atoms with Crippen molar-refractivity contribution in [2.45, 2.75) is 19.5 Å². The molecule has 1 atom stereocenters. The second-order valence-electron chi connectivity index (χ2n) is 5.48. The Morgan fingerprint density at radius 2 is 2.30 bits per heavy atom. The molecule has 0 saturated heterocycles. The van der Waals surface area contributed by atoms with Crippen molar-refractivity contribution in [3.05, 3.63) is 58.3 Å². The summed E-state index contributed by atoms with van der Waals surface area (Å²) in [5.74, 6) is 0.829. The third-order valence-corrected chi connectivity index (χ3v) is 4.31. The molecule has 3 rings (SSSR count). The first-order valence-electron chi connectivity index (χ1n) is 7.50. The highest BCUT2D eigenvalue weighted by atomic mass is 79.9. The molecule has 0 fully saturated rings. The number of nitrogens with zero attached hydrogens (tertiary/aromatic N) is 2. The summed E-state index contributed by atoms with van der Waals surface area (Å²) in [4.78, 5) is 18.4. The summed E-state index contributed by atoms with van der Waals surface area (Å²) in [6.07, 6.45) is 3.49. The molecule has 5 nitrogen and oxygen atoms in total. The van der Waals surface area contributed by atoms with Gasteiger partial charge in [0, 0.05) is 22.4 Å². The van der Waals surface area contributed by atoms with Crippen molar-refractivity contribution in [2.24, 2.45) is 0 Å². The number of hydrogen-bond donors (Lipinski definition) is 1. The molecule has 0 bridgehead atoms. The number of rotatable bonds is 2. The molecule has 23 heavy (non-hydrogen) atoms. The molecule has 2 aromatic rings. The quantitative estimate of drug-likeness (QED) is 0.873. The Morgan fingerprint density at radius 1 is 1.43 bits per heavy atom. The van der Waals surface area contributed by atoms with Crippen molar-refractivity contribution in [3.8, 4) is 5.75 Å². The molecular weight excluding hydrogens is 358 g/mol. The van der Waals surface area contributed by atoms with Gasteiger partial charge in [0.15, 0.2) is 0 Å². The first kappa shape index (κ1) is 15.8. The number of carbonyl (C=O) groups excluding carboxylic acids is 1. The molecule has 2 amide bonds. The lowest BCUT2D eigenvalue weighted by molar-refractivity contribution is 0.184. The van der Waals surface area contributed by atoms with E-state index in [1.54, 1.807) is 17.3 Å². The molecule has 0 spiro atoms. The lowest BCUT2D eigenvalue weighted by Crippen LogP contribution is -2.41. The van der Waals surface area contributed by atoms with Gasteiger partial charge in [-0.1, -0.05) is 28.1 Å². The number of amides is 2. The Morgan fingerprint density at radius 3 is 3.09 bits per heavy atom. The van der Waals surface area contributed by atoms with Gasteiger partial charge in [0.2, 0.25) is 0 Å². The van der Waals surface area contributed by atoms with Crippen LogP contribution in [0.25, 0.3) is 0 Å². The minimum Gasteiger partial charge on any atom is -0.491 e. The molecule has 1 N–H and O–H groups in total. The molecule has 0 saturated carbocycles. The van der Waals surface area contributed by atoms with Gasteiger partial charge < -0.3 is 15.0 Å². The van der Waals surface area contributed by atoms with Crippen molar-refractivity contribution in [1.29, 1.82) is 0 Å². The maximum atomic E-state index is 12.5. The largest absolute Gasteiger partial charge is 0.491 e. The third-order valence-electron chi connectivity index (χ3n) is 3.82. The number of fused-ring (bicyclic) bond motifs is 1. The van der Waals surface area contributed by atoms with E-state index in [0.29, 0.717) is 19.7 Å². The van der Waals surface area contributed by atoms with Crippen LogP contribution in [0, 0.1) is 0 Å². The van der Waals surface area contributed by atoms with Gasteiger partial charge in [-0.15, -0.1) is 0 Å². The zero-order valence-corrected chi connectivity index (χ0v) is 14.4. The van der Waals surface area contributed by atoms with E-state index in [0.717, 1.165) is 21.3 Å². The highest BCUT2D eigenvalue weighted by Crippen LogP contribution is 2.27. The standard InChI is InChI=1S/C17H18BrN3O2/c1-12(13-3-2-6-19-10-13)20-17(22)21-7-8-23-16-9-15(18)5-4-14(16)11-21/h2-6,9-10,12H,7-8,11H2,1H3,(H,20,22)/t12-/m0/s1. The van der Waals surface area contributed by atoms with Crippen molar-refractivity contribution in [2.75, 3.05) is 13.2 Å². The second-order valence-corrected chi connectivity index (χ2v) is 6.40. The van der Waals surface area contributed by atoms with Crippen LogP contribution in [-0.4, -0.2) is 29.1 Å². The van der Waals surface area contributed by atoms with Crippen LogP contribution in [0.1, 0.15) is 24.1 Å². The van der Waals surface area contributed by atoms with Crippen LogP contribution in [0.3, 0.4) is 0 Å². The highest BCUT2D eigenvalue weighted by Gasteiger charge is 2.21. The van der Waals surface area contributed by atoms with Crippen molar-refractivity contribution in [1.82, 2.24) is 15.2 Å². The average Bonchev–Trinajstić information content (AvgIpc) is 2.77. The van der Waals surface area contributed by atoms with E-state index in [9.17, 15) is 4.79 Å². The Kier molecular flexibility index (Phi) is 4.81. The number of carbonyl (C=O) groups is 1. The van der Waals surface area contributed by atoms with E-state index < -0.39 is 0 Å². The summed E-state index contributed by atoms with van der Waals surface area (Å²) in [5.41, 5.74) is 1.99. The van der Waals surface area contributed by atoms with Crippen molar-refractivity contribution in [3.63, 3.8) is 0 Å². The van der Waals surface area contributed by atoms with E-state index in [-0.39, 0.29) is 12.1 Å². The number of ether oxygens (including phenoxy) is 1. The number of pyridine rings is 1. The Bertz CT molecular complexity index is 693. The van der Waals surface area contributed by atoms with Gasteiger partial charge in [-0.3, -0.25) is 4.98 Å². The SMILES string of the molecule is C[C@H](NC(=O)N1CCOc2cc(Br)ccc2C1)c1cccnc1. The zero-order chi connectivity index (χ0) is 16.2. The second kappa shape index (κ2) is 7.00. The van der Waals surface area contributed by atoms with E-state index in [4.69, 9.17) is 4.74 Å². The van der Waals surface area contributed by atoms with Gasteiger partial charge in [-0.25, -0.2) is 4.79 Å². The third kappa shape index (κ3) is 3.82. The molecule has 1 aromatic heterocycles. The zero-order valence-electron chi connectivity index (χ0n) is 12.8. The predicted octanol–water partition coefficient (Wildman–Crippen LogP) is 3.51. The van der Waals surface area contributed by atoms with Crippen LogP contribution in [0.5, 0.6) is 5.75 Å². The van der Waals surface area contributed by atoms with Gasteiger partial charge in [0.05, 0.1) is 19.1 Å². The molecule has 6 heteroatoms. The molecule has 1 aliphatic heterocycles. The molecule has 120 valence electrons. The molecule has 2 heterocycles. The number of nitrogens with one attached hydrogen (secondary N) is 1. The van der Waals surface area contributed by atoms with Crippen LogP contribution in [0.2, 0.25) is 0 Å². The van der Waals surface area contributed by atoms with Crippen molar-refractivity contribution >= 4 is 22.0 Å².